The molecule has 0 atom stereocenters. The van der Waals surface area contributed by atoms with Crippen LogP contribution in [0.5, 0.6) is 11.5 Å². The van der Waals surface area contributed by atoms with Gasteiger partial charge in [0.05, 0.1) is 5.56 Å². The van der Waals surface area contributed by atoms with Gasteiger partial charge in [0.2, 0.25) is 6.79 Å². The van der Waals surface area contributed by atoms with Gasteiger partial charge in [-0.1, -0.05) is 0 Å². The monoisotopic (exact) mass is 220 g/mol. The van der Waals surface area contributed by atoms with Gasteiger partial charge < -0.3 is 19.9 Å². The number of imidazole rings is 1. The molecule has 6 heteroatoms. The first kappa shape index (κ1) is 8.90. The Kier molecular flexibility index (Phi) is 1.70. The Morgan fingerprint density at radius 2 is 2.12 bits per heavy atom. The number of rotatable bonds is 1. The normalized spacial score (nSPS) is 13.0. The van der Waals surface area contributed by atoms with Crippen LogP contribution in [-0.2, 0) is 0 Å². The fraction of sp³-hybridized carbons (Fsp3) is 0.100. The standard InChI is InChI=1S/C10H8N2O4/c13-11-3-4-12(14)10(11)7-1-2-8-9(5-7)16-6-15-8/h1-5,13H,6H2. The van der Waals surface area contributed by atoms with Crippen LogP contribution in [0.1, 0.15) is 0 Å². The minimum atomic E-state index is 0.137. The highest BCUT2D eigenvalue weighted by molar-refractivity contribution is 5.60. The van der Waals surface area contributed by atoms with E-state index in [9.17, 15) is 10.4 Å². The molecule has 3 rings (SSSR count). The maximum Gasteiger partial charge on any atom is 0.331 e. The summed E-state index contributed by atoms with van der Waals surface area (Å²) in [5.74, 6) is 1.34. The van der Waals surface area contributed by atoms with Gasteiger partial charge in [0, 0.05) is 0 Å². The quantitative estimate of drug-likeness (QED) is 0.437. The molecule has 0 fully saturated rings. The lowest BCUT2D eigenvalue weighted by atomic mass is 10.2. The van der Waals surface area contributed by atoms with Gasteiger partial charge in [0.25, 0.3) is 0 Å². The van der Waals surface area contributed by atoms with Crippen LogP contribution < -0.4 is 14.2 Å². The van der Waals surface area contributed by atoms with E-state index in [1.54, 1.807) is 18.2 Å². The Morgan fingerprint density at radius 3 is 2.88 bits per heavy atom. The molecule has 82 valence electrons. The van der Waals surface area contributed by atoms with Crippen molar-refractivity contribution in [3.05, 3.63) is 35.8 Å². The second kappa shape index (κ2) is 3.06. The van der Waals surface area contributed by atoms with Crippen LogP contribution in [0, 0.1) is 5.21 Å². The van der Waals surface area contributed by atoms with Gasteiger partial charge in [0.15, 0.2) is 17.7 Å². The summed E-state index contributed by atoms with van der Waals surface area (Å²) in [5.41, 5.74) is 0.562. The highest BCUT2D eigenvalue weighted by atomic mass is 16.7. The van der Waals surface area contributed by atoms with Crippen molar-refractivity contribution in [2.24, 2.45) is 0 Å². The Morgan fingerprint density at radius 1 is 1.31 bits per heavy atom. The zero-order valence-electron chi connectivity index (χ0n) is 8.16. The molecule has 0 unspecified atom stereocenters. The van der Waals surface area contributed by atoms with Crippen molar-refractivity contribution in [1.82, 2.24) is 4.73 Å². The Hall–Kier alpha value is -2.37. The van der Waals surface area contributed by atoms with Crippen molar-refractivity contribution in [2.75, 3.05) is 6.79 Å². The van der Waals surface area contributed by atoms with E-state index < -0.39 is 0 Å². The molecule has 1 aromatic carbocycles. The molecule has 0 radical (unpaired) electrons. The van der Waals surface area contributed by atoms with Gasteiger partial charge in [-0.15, -0.1) is 0 Å². The lowest BCUT2D eigenvalue weighted by Crippen LogP contribution is -2.26. The number of ether oxygens (including phenoxy) is 2. The van der Waals surface area contributed by atoms with E-state index in [0.29, 0.717) is 21.8 Å². The number of fused-ring (bicyclic) bond motifs is 1. The fourth-order valence-electron chi connectivity index (χ4n) is 1.66. The number of hydrogen-bond acceptors (Lipinski definition) is 4. The van der Waals surface area contributed by atoms with Gasteiger partial charge in [-0.3, -0.25) is 0 Å². The van der Waals surface area contributed by atoms with Crippen molar-refractivity contribution in [2.45, 2.75) is 0 Å². The van der Waals surface area contributed by atoms with Gasteiger partial charge in [0.1, 0.15) is 6.20 Å². The highest BCUT2D eigenvalue weighted by Gasteiger charge is 2.20. The molecular weight excluding hydrogens is 212 g/mol. The second-order valence-corrected chi connectivity index (χ2v) is 3.36. The summed E-state index contributed by atoms with van der Waals surface area (Å²) in [7, 11) is 0. The summed E-state index contributed by atoms with van der Waals surface area (Å²) in [4.78, 5) is 0. The largest absolute Gasteiger partial charge is 0.710 e. The van der Waals surface area contributed by atoms with Crippen LogP contribution in [-0.4, -0.2) is 16.7 Å². The molecule has 6 nitrogen and oxygen atoms in total. The van der Waals surface area contributed by atoms with E-state index in [1.807, 2.05) is 0 Å². The predicted molar refractivity (Wildman–Crippen MR) is 52.1 cm³/mol. The van der Waals surface area contributed by atoms with Gasteiger partial charge in [-0.05, 0) is 22.9 Å². The molecule has 1 N–H and O–H groups in total. The predicted octanol–water partition coefficient (Wildman–Crippen LogP) is 0.755. The number of benzene rings is 1. The summed E-state index contributed by atoms with van der Waals surface area (Å²) in [5, 5.41) is 20.9. The first-order valence-corrected chi connectivity index (χ1v) is 4.65. The van der Waals surface area contributed by atoms with Crippen LogP contribution in [0.4, 0.5) is 0 Å². The molecular formula is C10H8N2O4. The Labute approximate surface area is 90.4 Å². The first-order valence-electron chi connectivity index (χ1n) is 4.65. The molecule has 2 aromatic rings. The van der Waals surface area contributed by atoms with Crippen LogP contribution in [0.25, 0.3) is 11.4 Å². The third-order valence-electron chi connectivity index (χ3n) is 2.40. The summed E-state index contributed by atoms with van der Waals surface area (Å²) < 4.78 is 11.7. The van der Waals surface area contributed by atoms with Gasteiger partial charge in [-0.2, -0.15) is 0 Å². The van der Waals surface area contributed by atoms with E-state index in [2.05, 4.69) is 0 Å². The van der Waals surface area contributed by atoms with E-state index in [4.69, 9.17) is 9.47 Å². The maximum absolute atomic E-state index is 11.4. The van der Waals surface area contributed by atoms with Crippen molar-refractivity contribution in [1.29, 1.82) is 0 Å². The topological polar surface area (TPSA) is 70.6 Å². The molecule has 1 aliphatic heterocycles. The first-order chi connectivity index (χ1) is 7.75. The average molecular weight is 220 g/mol. The lowest BCUT2D eigenvalue weighted by molar-refractivity contribution is -0.594. The third-order valence-corrected chi connectivity index (χ3v) is 2.40. The SMILES string of the molecule is [O-][n+]1ccn(O)c1-c1ccc2c(c1)OCO2. The Balaban J connectivity index is 2.14. The average Bonchev–Trinajstić information content (AvgIpc) is 2.85. The molecule has 16 heavy (non-hydrogen) atoms. The summed E-state index contributed by atoms with van der Waals surface area (Å²) in [6, 6.07) is 5.04. The highest BCUT2D eigenvalue weighted by Crippen LogP contribution is 2.34. The molecule has 1 aromatic heterocycles. The van der Waals surface area contributed by atoms with E-state index in [0.717, 1.165) is 4.73 Å². The van der Waals surface area contributed by atoms with E-state index in [1.165, 1.54) is 12.4 Å². The van der Waals surface area contributed by atoms with Gasteiger partial charge in [-0.25, -0.2) is 4.73 Å². The second-order valence-electron chi connectivity index (χ2n) is 3.36. The lowest BCUT2D eigenvalue weighted by Gasteiger charge is -2.03. The maximum atomic E-state index is 11.4. The number of hydrogen-bond donors (Lipinski definition) is 1. The van der Waals surface area contributed by atoms with Crippen LogP contribution in [0.15, 0.2) is 30.6 Å². The van der Waals surface area contributed by atoms with Gasteiger partial charge >= 0.3 is 5.82 Å². The minimum absolute atomic E-state index is 0.137. The fourth-order valence-corrected chi connectivity index (χ4v) is 1.66. The Bertz CT molecular complexity index is 530. The number of nitrogens with zero attached hydrogens (tertiary/aromatic N) is 2. The molecule has 0 spiro atoms. The smallest absolute Gasteiger partial charge is 0.331 e. The molecule has 0 saturated heterocycles. The molecule has 2 heterocycles. The van der Waals surface area contributed by atoms with E-state index in [-0.39, 0.29) is 12.6 Å². The van der Waals surface area contributed by atoms with Crippen molar-refractivity contribution >= 4 is 0 Å². The minimum Gasteiger partial charge on any atom is -0.710 e. The molecule has 0 aliphatic carbocycles. The zero-order valence-corrected chi connectivity index (χ0v) is 8.16. The summed E-state index contributed by atoms with van der Waals surface area (Å²) >= 11 is 0. The third kappa shape index (κ3) is 1.16. The zero-order chi connectivity index (χ0) is 11.1. The molecule has 0 saturated carbocycles. The molecule has 1 aliphatic rings. The van der Waals surface area contributed by atoms with Crippen LogP contribution in [0.2, 0.25) is 0 Å². The number of aromatic nitrogens is 2. The van der Waals surface area contributed by atoms with Crippen molar-refractivity contribution < 1.29 is 19.4 Å². The van der Waals surface area contributed by atoms with Crippen molar-refractivity contribution in [3.8, 4) is 22.9 Å². The van der Waals surface area contributed by atoms with Crippen LogP contribution in [0.3, 0.4) is 0 Å². The van der Waals surface area contributed by atoms with E-state index >= 15 is 0 Å². The van der Waals surface area contributed by atoms with Crippen LogP contribution >= 0.6 is 0 Å². The summed E-state index contributed by atoms with van der Waals surface area (Å²) in [6.45, 7) is 0.177. The van der Waals surface area contributed by atoms with Crippen molar-refractivity contribution in [3.63, 3.8) is 0 Å². The molecule has 0 bridgehead atoms. The molecule has 0 amide bonds. The summed E-state index contributed by atoms with van der Waals surface area (Å²) in [6.07, 6.45) is 2.49.